The molecule has 1 N–H and O–H groups in total. The smallest absolute Gasteiger partial charge is 0.253 e. The Kier molecular flexibility index (Phi) is 6.25. The molecular formula is C28H26FN7O4. The highest BCUT2D eigenvalue weighted by atomic mass is 19.1. The van der Waals surface area contributed by atoms with E-state index in [4.69, 9.17) is 13.9 Å². The maximum absolute atomic E-state index is 13.6. The SMILES string of the molecule is O=c1[nH]c2cc3c(cc2cc1[C@H](c1nnnn1Cc1ccc(F)cc1)N1CCN(Cc2ccco2)CC1)OCO3. The molecule has 1 fully saturated rings. The average Bonchev–Trinajstić information content (AvgIpc) is 3.73. The van der Waals surface area contributed by atoms with Crippen molar-refractivity contribution >= 4 is 10.9 Å². The van der Waals surface area contributed by atoms with E-state index in [9.17, 15) is 9.18 Å². The van der Waals surface area contributed by atoms with Crippen LogP contribution in [-0.2, 0) is 13.1 Å². The molecular weight excluding hydrogens is 517 g/mol. The van der Waals surface area contributed by atoms with Gasteiger partial charge in [0.05, 0.1) is 24.9 Å². The number of furan rings is 1. The van der Waals surface area contributed by atoms with Crippen molar-refractivity contribution in [2.45, 2.75) is 19.1 Å². The lowest BCUT2D eigenvalue weighted by Crippen LogP contribution is -2.48. The first kappa shape index (κ1) is 24.5. The van der Waals surface area contributed by atoms with Crippen molar-refractivity contribution in [2.24, 2.45) is 0 Å². The number of aromatic amines is 1. The second kappa shape index (κ2) is 10.2. The number of pyridine rings is 1. The monoisotopic (exact) mass is 543 g/mol. The number of benzene rings is 2. The molecule has 0 amide bonds. The van der Waals surface area contributed by atoms with Crippen molar-refractivity contribution in [3.8, 4) is 11.5 Å². The molecule has 0 bridgehead atoms. The maximum Gasteiger partial charge on any atom is 0.253 e. The molecule has 1 saturated heterocycles. The van der Waals surface area contributed by atoms with E-state index in [1.807, 2.05) is 24.3 Å². The molecule has 2 aliphatic heterocycles. The number of halogens is 1. The topological polar surface area (TPSA) is 115 Å². The second-order valence-corrected chi connectivity index (χ2v) is 9.96. The molecule has 0 spiro atoms. The number of nitrogens with one attached hydrogen (secondary N) is 1. The largest absolute Gasteiger partial charge is 0.468 e. The summed E-state index contributed by atoms with van der Waals surface area (Å²) in [5, 5.41) is 13.4. The van der Waals surface area contributed by atoms with Gasteiger partial charge in [-0.25, -0.2) is 9.07 Å². The quantitative estimate of drug-likeness (QED) is 0.331. The Morgan fingerprint density at radius 1 is 0.975 bits per heavy atom. The Bertz CT molecular complexity index is 1690. The standard InChI is InChI=1S/C28H26FN7O4/c29-20-5-3-18(4-6-20)15-36-27(31-32-33-36)26(35-9-7-34(8-10-35)16-21-2-1-11-38-21)22-12-19-13-24-25(40-17-39-24)14-23(19)30-28(22)37/h1-6,11-14,26H,7-10,15-17H2,(H,30,37)/t26-/m1/s1. The fourth-order valence-electron chi connectivity index (χ4n) is 5.40. The van der Waals surface area contributed by atoms with Crippen LogP contribution in [0.1, 0.15) is 28.8 Å². The highest BCUT2D eigenvalue weighted by Gasteiger charge is 2.33. The molecule has 204 valence electrons. The third kappa shape index (κ3) is 4.71. The first-order chi connectivity index (χ1) is 19.6. The number of tetrazole rings is 1. The molecule has 40 heavy (non-hydrogen) atoms. The van der Waals surface area contributed by atoms with Gasteiger partial charge in [-0.05, 0) is 52.4 Å². The van der Waals surface area contributed by atoms with E-state index in [1.165, 1.54) is 12.1 Å². The first-order valence-corrected chi connectivity index (χ1v) is 13.1. The second-order valence-electron chi connectivity index (χ2n) is 9.96. The molecule has 5 heterocycles. The Morgan fingerprint density at radius 3 is 2.55 bits per heavy atom. The molecule has 2 aromatic carbocycles. The van der Waals surface area contributed by atoms with Crippen LogP contribution in [0.15, 0.2) is 70.1 Å². The lowest BCUT2D eigenvalue weighted by atomic mass is 10.0. The molecule has 5 aromatic rings. The van der Waals surface area contributed by atoms with Gasteiger partial charge in [0.2, 0.25) is 6.79 Å². The number of hydrogen-bond acceptors (Lipinski definition) is 9. The highest BCUT2D eigenvalue weighted by Crippen LogP contribution is 2.36. The van der Waals surface area contributed by atoms with E-state index < -0.39 is 6.04 Å². The van der Waals surface area contributed by atoms with Crippen LogP contribution in [0.25, 0.3) is 10.9 Å². The highest BCUT2D eigenvalue weighted by molar-refractivity contribution is 5.83. The van der Waals surface area contributed by atoms with Gasteiger partial charge in [-0.15, -0.1) is 5.10 Å². The minimum absolute atomic E-state index is 0.145. The van der Waals surface area contributed by atoms with Gasteiger partial charge in [-0.3, -0.25) is 14.6 Å². The van der Waals surface area contributed by atoms with Crippen LogP contribution in [0.5, 0.6) is 11.5 Å². The minimum atomic E-state index is -0.514. The molecule has 0 radical (unpaired) electrons. The van der Waals surface area contributed by atoms with Gasteiger partial charge in [0, 0.05) is 43.2 Å². The number of hydrogen-bond donors (Lipinski definition) is 1. The van der Waals surface area contributed by atoms with Gasteiger partial charge in [0.25, 0.3) is 5.56 Å². The molecule has 2 aliphatic rings. The summed E-state index contributed by atoms with van der Waals surface area (Å²) in [5.41, 5.74) is 1.80. The van der Waals surface area contributed by atoms with Crippen molar-refractivity contribution in [1.29, 1.82) is 0 Å². The molecule has 1 atom stereocenters. The van der Waals surface area contributed by atoms with E-state index in [2.05, 4.69) is 30.3 Å². The molecule has 7 rings (SSSR count). The van der Waals surface area contributed by atoms with Gasteiger partial charge in [-0.2, -0.15) is 0 Å². The van der Waals surface area contributed by atoms with Crippen molar-refractivity contribution in [3.05, 3.63) is 99.7 Å². The van der Waals surface area contributed by atoms with Gasteiger partial charge in [0.1, 0.15) is 17.6 Å². The molecule has 0 saturated carbocycles. The minimum Gasteiger partial charge on any atom is -0.468 e. The molecule has 3 aromatic heterocycles. The van der Waals surface area contributed by atoms with Crippen LogP contribution < -0.4 is 15.0 Å². The van der Waals surface area contributed by atoms with Crippen molar-refractivity contribution in [2.75, 3.05) is 33.0 Å². The van der Waals surface area contributed by atoms with Crippen molar-refractivity contribution in [3.63, 3.8) is 0 Å². The van der Waals surface area contributed by atoms with Gasteiger partial charge >= 0.3 is 0 Å². The molecule has 0 aliphatic carbocycles. The van der Waals surface area contributed by atoms with Crippen LogP contribution in [0, 0.1) is 5.82 Å². The number of aromatic nitrogens is 5. The number of H-pyrrole nitrogens is 1. The Balaban J connectivity index is 1.25. The summed E-state index contributed by atoms with van der Waals surface area (Å²) in [6.45, 7) is 4.13. The third-order valence-corrected chi connectivity index (χ3v) is 7.44. The zero-order valence-corrected chi connectivity index (χ0v) is 21.5. The Morgan fingerprint density at radius 2 is 1.77 bits per heavy atom. The summed E-state index contributed by atoms with van der Waals surface area (Å²) in [6, 6.07) is 15.1. The number of fused-ring (bicyclic) bond motifs is 2. The number of piperazine rings is 1. The number of ether oxygens (including phenoxy) is 2. The van der Waals surface area contributed by atoms with E-state index in [0.29, 0.717) is 48.0 Å². The zero-order valence-electron chi connectivity index (χ0n) is 21.5. The third-order valence-electron chi connectivity index (χ3n) is 7.44. The maximum atomic E-state index is 13.6. The predicted octanol–water partition coefficient (Wildman–Crippen LogP) is 2.93. The Hall–Kier alpha value is -4.55. The number of nitrogens with zero attached hydrogens (tertiary/aromatic N) is 6. The van der Waals surface area contributed by atoms with Gasteiger partial charge < -0.3 is 18.9 Å². The van der Waals surface area contributed by atoms with E-state index in [-0.39, 0.29) is 18.2 Å². The first-order valence-electron chi connectivity index (χ1n) is 13.1. The van der Waals surface area contributed by atoms with E-state index in [1.54, 1.807) is 29.1 Å². The zero-order chi connectivity index (χ0) is 27.1. The normalized spacial score (nSPS) is 16.5. The van der Waals surface area contributed by atoms with Crippen molar-refractivity contribution < 1.29 is 18.3 Å². The summed E-state index contributed by atoms with van der Waals surface area (Å²) >= 11 is 0. The lowest BCUT2D eigenvalue weighted by molar-refractivity contribution is 0.0952. The van der Waals surface area contributed by atoms with Crippen LogP contribution in [0.4, 0.5) is 4.39 Å². The van der Waals surface area contributed by atoms with Crippen LogP contribution >= 0.6 is 0 Å². The molecule has 12 heteroatoms. The summed E-state index contributed by atoms with van der Waals surface area (Å²) in [5.74, 6) is 2.37. The van der Waals surface area contributed by atoms with E-state index in [0.717, 1.165) is 36.3 Å². The van der Waals surface area contributed by atoms with Crippen LogP contribution in [0.3, 0.4) is 0 Å². The Labute approximate surface area is 227 Å². The van der Waals surface area contributed by atoms with Gasteiger partial charge in [0.15, 0.2) is 17.3 Å². The van der Waals surface area contributed by atoms with E-state index >= 15 is 0 Å². The van der Waals surface area contributed by atoms with Crippen LogP contribution in [0.2, 0.25) is 0 Å². The molecule has 11 nitrogen and oxygen atoms in total. The summed E-state index contributed by atoms with van der Waals surface area (Å²) in [7, 11) is 0. The fraction of sp³-hybridized carbons (Fsp3) is 0.286. The summed E-state index contributed by atoms with van der Waals surface area (Å²) < 4.78 is 31.8. The fourth-order valence-corrected chi connectivity index (χ4v) is 5.40. The lowest BCUT2D eigenvalue weighted by Gasteiger charge is -2.38. The predicted molar refractivity (Wildman–Crippen MR) is 141 cm³/mol. The molecule has 0 unspecified atom stereocenters. The van der Waals surface area contributed by atoms with Crippen LogP contribution in [-0.4, -0.2) is 68.0 Å². The number of rotatable bonds is 7. The summed E-state index contributed by atoms with van der Waals surface area (Å²) in [4.78, 5) is 21.2. The summed E-state index contributed by atoms with van der Waals surface area (Å²) in [6.07, 6.45) is 1.68. The van der Waals surface area contributed by atoms with Crippen molar-refractivity contribution in [1.82, 2.24) is 35.0 Å². The average molecular weight is 544 g/mol. The van der Waals surface area contributed by atoms with Gasteiger partial charge in [-0.1, -0.05) is 12.1 Å².